The number of carbonyl (C=O) groups excluding carboxylic acids is 4. The molecule has 2 aliphatic rings. The van der Waals surface area contributed by atoms with E-state index in [4.69, 9.17) is 9.47 Å². The van der Waals surface area contributed by atoms with Gasteiger partial charge in [0.15, 0.2) is 0 Å². The molecule has 6 atom stereocenters. The Labute approximate surface area is 323 Å². The number of hydrogen-bond acceptors (Lipinski definition) is 6. The molecule has 2 heterocycles. The molecule has 10 heteroatoms. The van der Waals surface area contributed by atoms with Crippen LogP contribution in [0.4, 0.5) is 0 Å². The van der Waals surface area contributed by atoms with E-state index in [9.17, 15) is 19.2 Å². The molecule has 2 aromatic carbocycles. The summed E-state index contributed by atoms with van der Waals surface area (Å²) in [6.45, 7) is 16.0. The van der Waals surface area contributed by atoms with Crippen molar-refractivity contribution in [1.29, 1.82) is 0 Å². The van der Waals surface area contributed by atoms with Crippen LogP contribution in [0.15, 0.2) is 72.8 Å². The van der Waals surface area contributed by atoms with Crippen LogP contribution in [0, 0.1) is 11.8 Å². The number of ether oxygens (including phenoxy) is 2. The average molecular weight is 745 g/mol. The molecule has 2 aliphatic heterocycles. The van der Waals surface area contributed by atoms with Crippen molar-refractivity contribution < 1.29 is 28.7 Å². The minimum absolute atomic E-state index is 0.00749. The van der Waals surface area contributed by atoms with Gasteiger partial charge in [-0.3, -0.25) is 19.2 Å². The molecule has 0 saturated carbocycles. The number of likely N-dealkylation sites (N-methyl/N-ethyl adjacent to an activating group) is 2. The number of nitrogens with zero attached hydrogens (tertiary/aromatic N) is 2. The Kier molecular flexibility index (Phi) is 17.3. The highest BCUT2D eigenvalue weighted by atomic mass is 16.5. The maximum Gasteiger partial charge on any atom is 0.258 e. The van der Waals surface area contributed by atoms with Crippen molar-refractivity contribution in [2.75, 3.05) is 14.1 Å². The van der Waals surface area contributed by atoms with E-state index >= 15 is 0 Å². The highest BCUT2D eigenvalue weighted by Crippen LogP contribution is 2.26. The van der Waals surface area contributed by atoms with Crippen LogP contribution in [0.1, 0.15) is 115 Å². The molecule has 0 aromatic heterocycles. The lowest BCUT2D eigenvalue weighted by molar-refractivity contribution is -0.128. The van der Waals surface area contributed by atoms with Crippen LogP contribution in [0.2, 0.25) is 0 Å². The predicted octanol–water partition coefficient (Wildman–Crippen LogP) is 7.59. The fourth-order valence-corrected chi connectivity index (χ4v) is 6.83. The number of carbonyl (C=O) groups is 4. The molecular weight excluding hydrogens is 681 g/mol. The molecule has 4 rings (SSSR count). The first kappa shape index (κ1) is 43.8. The van der Waals surface area contributed by atoms with Gasteiger partial charge in [-0.05, 0) is 75.6 Å². The molecule has 296 valence electrons. The summed E-state index contributed by atoms with van der Waals surface area (Å²) in [6, 6.07) is 13.5. The second-order valence-corrected chi connectivity index (χ2v) is 15.2. The second kappa shape index (κ2) is 21.3. The molecule has 0 fully saturated rings. The zero-order valence-corrected chi connectivity index (χ0v) is 34.1. The number of amides is 4. The van der Waals surface area contributed by atoms with Gasteiger partial charge in [0.25, 0.3) is 11.8 Å². The van der Waals surface area contributed by atoms with Gasteiger partial charge in [0, 0.05) is 39.0 Å². The maximum atomic E-state index is 13.2. The lowest BCUT2D eigenvalue weighted by atomic mass is 9.99. The van der Waals surface area contributed by atoms with E-state index in [-0.39, 0.29) is 59.8 Å². The SMILES string of the molecule is CC[C@@H]1C/C=C/C[C@@H](C)Oc2ccccc2C(=O)N(C)[C@H](C(C)C)C(=O)N1.CC[C@@H]1C/C=C\C[C@@H](C)Oc2ccccc2C(=O)N(C)[C@H](C(C)C)C(=O)N1. The zero-order chi connectivity index (χ0) is 39.9. The van der Waals surface area contributed by atoms with Crippen molar-refractivity contribution in [2.24, 2.45) is 11.8 Å². The van der Waals surface area contributed by atoms with Gasteiger partial charge in [-0.15, -0.1) is 0 Å². The number of rotatable bonds is 4. The normalized spacial score (nSPS) is 26.0. The van der Waals surface area contributed by atoms with E-state index in [0.717, 1.165) is 38.5 Å². The lowest BCUT2D eigenvalue weighted by Crippen LogP contribution is -2.52. The summed E-state index contributed by atoms with van der Waals surface area (Å²) in [5, 5.41) is 6.25. The van der Waals surface area contributed by atoms with Crippen LogP contribution in [0.25, 0.3) is 0 Å². The zero-order valence-electron chi connectivity index (χ0n) is 34.1. The smallest absolute Gasteiger partial charge is 0.258 e. The molecule has 4 amide bonds. The van der Waals surface area contributed by atoms with E-state index in [1.807, 2.05) is 77.9 Å². The van der Waals surface area contributed by atoms with Crippen molar-refractivity contribution in [3.8, 4) is 11.5 Å². The van der Waals surface area contributed by atoms with Crippen LogP contribution >= 0.6 is 0 Å². The number of benzene rings is 2. The molecule has 54 heavy (non-hydrogen) atoms. The Morgan fingerprint density at radius 1 is 0.593 bits per heavy atom. The summed E-state index contributed by atoms with van der Waals surface area (Å²) in [5.74, 6) is 0.483. The van der Waals surface area contributed by atoms with Gasteiger partial charge in [0.05, 0.1) is 23.3 Å². The Balaban J connectivity index is 0.000000290. The Bertz CT molecular complexity index is 1490. The third kappa shape index (κ3) is 12.2. The quantitative estimate of drug-likeness (QED) is 0.312. The maximum absolute atomic E-state index is 13.2. The van der Waals surface area contributed by atoms with Crippen molar-refractivity contribution in [1.82, 2.24) is 20.4 Å². The van der Waals surface area contributed by atoms with Gasteiger partial charge in [-0.1, -0.05) is 90.1 Å². The molecule has 0 unspecified atom stereocenters. The third-order valence-corrected chi connectivity index (χ3v) is 9.96. The van der Waals surface area contributed by atoms with Gasteiger partial charge < -0.3 is 29.9 Å². The first-order chi connectivity index (χ1) is 25.7. The first-order valence-corrected chi connectivity index (χ1v) is 19.7. The third-order valence-electron chi connectivity index (χ3n) is 9.96. The van der Waals surface area contributed by atoms with Gasteiger partial charge >= 0.3 is 0 Å². The van der Waals surface area contributed by atoms with E-state index in [2.05, 4.69) is 48.8 Å². The van der Waals surface area contributed by atoms with Crippen molar-refractivity contribution in [3.05, 3.63) is 84.0 Å². The summed E-state index contributed by atoms with van der Waals surface area (Å²) in [5.41, 5.74) is 0.969. The molecule has 2 N–H and O–H groups in total. The Morgan fingerprint density at radius 2 is 0.926 bits per heavy atom. The number of hydrogen-bond donors (Lipinski definition) is 2. The summed E-state index contributed by atoms with van der Waals surface area (Å²) in [6.07, 6.45) is 13.0. The Hall–Kier alpha value is -4.60. The Morgan fingerprint density at radius 3 is 1.26 bits per heavy atom. The minimum atomic E-state index is -0.538. The molecule has 2 aromatic rings. The number of para-hydroxylation sites is 2. The van der Waals surface area contributed by atoms with Gasteiger partial charge in [0.2, 0.25) is 11.8 Å². The summed E-state index contributed by atoms with van der Waals surface area (Å²) in [4.78, 5) is 55.3. The molecule has 0 aliphatic carbocycles. The fraction of sp³-hybridized carbons (Fsp3) is 0.545. The second-order valence-electron chi connectivity index (χ2n) is 15.2. The van der Waals surface area contributed by atoms with Crippen LogP contribution < -0.4 is 20.1 Å². The molecule has 0 saturated heterocycles. The van der Waals surface area contributed by atoms with E-state index in [0.29, 0.717) is 22.6 Å². The van der Waals surface area contributed by atoms with Crippen molar-refractivity contribution in [2.45, 2.75) is 130 Å². The van der Waals surface area contributed by atoms with Gasteiger partial charge in [0.1, 0.15) is 23.6 Å². The summed E-state index contributed by atoms with van der Waals surface area (Å²) in [7, 11) is 3.39. The largest absolute Gasteiger partial charge is 0.490 e. The predicted molar refractivity (Wildman–Crippen MR) is 216 cm³/mol. The number of fused-ring (bicyclic) bond motifs is 2. The van der Waals surface area contributed by atoms with Gasteiger partial charge in [-0.25, -0.2) is 0 Å². The van der Waals surface area contributed by atoms with E-state index in [1.54, 1.807) is 36.0 Å². The highest BCUT2D eigenvalue weighted by Gasteiger charge is 2.34. The van der Waals surface area contributed by atoms with Crippen LogP contribution in [0.5, 0.6) is 11.5 Å². The summed E-state index contributed by atoms with van der Waals surface area (Å²) < 4.78 is 12.1. The standard InChI is InChI=1S/2C22H32N2O3/c2*1-6-17-12-8-7-11-16(4)27-19-14-10-9-13-18(19)22(26)24(5)20(15(2)3)21(25)23-17/h2*7-10,13-17,20H,6,11-12H2,1-5H3,(H,23,25)/b8-7+;8-7-/t2*16-,17-,20-/m11/s1. The first-order valence-electron chi connectivity index (χ1n) is 19.7. The topological polar surface area (TPSA) is 117 Å². The average Bonchev–Trinajstić information content (AvgIpc) is 3.13. The lowest BCUT2D eigenvalue weighted by Gasteiger charge is -2.32. The minimum Gasteiger partial charge on any atom is -0.490 e. The van der Waals surface area contributed by atoms with Crippen molar-refractivity contribution >= 4 is 23.6 Å². The van der Waals surface area contributed by atoms with Crippen LogP contribution in [0.3, 0.4) is 0 Å². The van der Waals surface area contributed by atoms with Crippen molar-refractivity contribution in [3.63, 3.8) is 0 Å². The molecule has 0 bridgehead atoms. The van der Waals surface area contributed by atoms with E-state index in [1.165, 1.54) is 0 Å². The molecule has 10 nitrogen and oxygen atoms in total. The van der Waals surface area contributed by atoms with Gasteiger partial charge in [-0.2, -0.15) is 0 Å². The number of nitrogens with one attached hydrogen (secondary N) is 2. The van der Waals surface area contributed by atoms with E-state index < -0.39 is 12.1 Å². The molecule has 0 spiro atoms. The van der Waals surface area contributed by atoms with Crippen LogP contribution in [-0.4, -0.2) is 83.9 Å². The summed E-state index contributed by atoms with van der Waals surface area (Å²) >= 11 is 0. The van der Waals surface area contributed by atoms with Crippen LogP contribution in [-0.2, 0) is 9.59 Å². The monoisotopic (exact) mass is 744 g/mol. The molecular formula is C44H64N4O6. The molecule has 0 radical (unpaired) electrons. The highest BCUT2D eigenvalue weighted by molar-refractivity contribution is 6.00. The fourth-order valence-electron chi connectivity index (χ4n) is 6.83.